The van der Waals surface area contributed by atoms with Gasteiger partial charge in [-0.15, -0.1) is 0 Å². The Bertz CT molecular complexity index is 54.0. The first kappa shape index (κ1) is 8.14. The maximum absolute atomic E-state index is 11.5. The average Bonchev–Trinajstić information content (AvgIpc) is 1.87. The highest BCUT2D eigenvalue weighted by molar-refractivity contribution is 7.81. The second-order valence-corrected chi connectivity index (χ2v) is 2.57. The van der Waals surface area contributed by atoms with E-state index in [2.05, 4.69) is 12.6 Å². The van der Waals surface area contributed by atoms with Crippen LogP contribution >= 0.6 is 12.6 Å². The van der Waals surface area contributed by atoms with Gasteiger partial charge in [0.05, 0.1) is 4.75 Å². The fraction of sp³-hybridized carbons (Fsp3) is 1.00. The molecule has 0 unspecified atom stereocenters. The summed E-state index contributed by atoms with van der Waals surface area (Å²) in [6.07, 6.45) is 0. The SMILES string of the molecule is FCC(S)(CF)CF. The largest absolute Gasteiger partial charge is 0.249 e. The summed E-state index contributed by atoms with van der Waals surface area (Å²) in [6.45, 7) is -3.20. The van der Waals surface area contributed by atoms with Gasteiger partial charge in [-0.3, -0.25) is 0 Å². The van der Waals surface area contributed by atoms with E-state index < -0.39 is 24.8 Å². The summed E-state index contributed by atoms with van der Waals surface area (Å²) < 4.78 is 32.8. The van der Waals surface area contributed by atoms with Crippen LogP contribution in [0.1, 0.15) is 0 Å². The molecule has 0 saturated carbocycles. The van der Waals surface area contributed by atoms with E-state index in [0.717, 1.165) is 0 Å². The normalized spacial score (nSPS) is 12.0. The van der Waals surface area contributed by atoms with E-state index in [-0.39, 0.29) is 0 Å². The van der Waals surface area contributed by atoms with Crippen LogP contribution in [0.4, 0.5) is 13.2 Å². The van der Waals surface area contributed by atoms with Crippen LogP contribution in [0.15, 0.2) is 0 Å². The monoisotopic (exact) mass is 144 g/mol. The van der Waals surface area contributed by atoms with Crippen molar-refractivity contribution in [2.75, 3.05) is 20.0 Å². The molecule has 0 nitrogen and oxygen atoms in total. The first-order chi connectivity index (χ1) is 3.68. The highest BCUT2D eigenvalue weighted by Crippen LogP contribution is 2.15. The van der Waals surface area contributed by atoms with E-state index in [0.29, 0.717) is 0 Å². The highest BCUT2D eigenvalue weighted by Gasteiger charge is 2.25. The van der Waals surface area contributed by atoms with Crippen LogP contribution in [-0.4, -0.2) is 24.8 Å². The Morgan fingerprint density at radius 3 is 1.25 bits per heavy atom. The third-order valence-electron chi connectivity index (χ3n) is 0.746. The summed E-state index contributed by atoms with van der Waals surface area (Å²) in [5, 5.41) is 0. The Hall–Kier alpha value is 0.140. The Morgan fingerprint density at radius 2 is 1.25 bits per heavy atom. The second kappa shape index (κ2) is 3.22. The quantitative estimate of drug-likeness (QED) is 0.571. The predicted molar refractivity (Wildman–Crippen MR) is 29.6 cm³/mol. The predicted octanol–water partition coefficient (Wildman–Crippen LogP) is 1.56. The molecule has 0 heterocycles. The standard InChI is InChI=1S/C4H7F3S/c5-1-4(8,2-6)3-7/h8H,1-3H2. The van der Waals surface area contributed by atoms with Crippen LogP contribution in [0.2, 0.25) is 0 Å². The molecule has 0 radical (unpaired) electrons. The molecule has 0 N–H and O–H groups in total. The van der Waals surface area contributed by atoms with Gasteiger partial charge in [0.25, 0.3) is 0 Å². The van der Waals surface area contributed by atoms with E-state index in [9.17, 15) is 13.2 Å². The van der Waals surface area contributed by atoms with Crippen LogP contribution in [0, 0.1) is 0 Å². The molecular weight excluding hydrogens is 137 g/mol. The lowest BCUT2D eigenvalue weighted by Crippen LogP contribution is -2.29. The fourth-order valence-corrected chi connectivity index (χ4v) is 0.107. The highest BCUT2D eigenvalue weighted by atomic mass is 32.1. The van der Waals surface area contributed by atoms with Gasteiger partial charge in [-0.1, -0.05) is 0 Å². The minimum atomic E-state index is -1.68. The molecule has 0 fully saturated rings. The molecule has 0 aliphatic heterocycles. The molecule has 0 bridgehead atoms. The Kier molecular flexibility index (Phi) is 3.28. The molecule has 0 aliphatic carbocycles. The lowest BCUT2D eigenvalue weighted by atomic mass is 10.2. The van der Waals surface area contributed by atoms with Gasteiger partial charge in [-0.2, -0.15) is 12.6 Å². The lowest BCUT2D eigenvalue weighted by Gasteiger charge is -2.14. The first-order valence-corrected chi connectivity index (χ1v) is 2.53. The molecule has 0 aromatic carbocycles. The first-order valence-electron chi connectivity index (χ1n) is 2.09. The van der Waals surface area contributed by atoms with Crippen molar-refractivity contribution in [1.82, 2.24) is 0 Å². The summed E-state index contributed by atoms with van der Waals surface area (Å²) in [4.78, 5) is 0. The third-order valence-corrected chi connectivity index (χ3v) is 1.10. The van der Waals surface area contributed by atoms with Crippen molar-refractivity contribution in [2.45, 2.75) is 4.75 Å². The summed E-state index contributed by atoms with van der Waals surface area (Å²) >= 11 is 3.39. The minimum absolute atomic E-state index is 1.07. The van der Waals surface area contributed by atoms with Crippen LogP contribution in [0.25, 0.3) is 0 Å². The van der Waals surface area contributed by atoms with Gasteiger partial charge in [-0.05, 0) is 0 Å². The molecule has 0 aromatic heterocycles. The summed E-state index contributed by atoms with van der Waals surface area (Å²) in [6, 6.07) is 0. The molecule has 0 spiro atoms. The van der Waals surface area contributed by atoms with E-state index in [4.69, 9.17) is 0 Å². The summed E-state index contributed by atoms with van der Waals surface area (Å²) in [7, 11) is 0. The van der Waals surface area contributed by atoms with Crippen molar-refractivity contribution >= 4 is 12.6 Å². The van der Waals surface area contributed by atoms with Gasteiger partial charge >= 0.3 is 0 Å². The molecule has 0 aliphatic rings. The van der Waals surface area contributed by atoms with Gasteiger partial charge < -0.3 is 0 Å². The van der Waals surface area contributed by atoms with Crippen LogP contribution in [-0.2, 0) is 0 Å². The van der Waals surface area contributed by atoms with Crippen LogP contribution in [0.3, 0.4) is 0 Å². The zero-order valence-electron chi connectivity index (χ0n) is 4.20. The van der Waals surface area contributed by atoms with Gasteiger partial charge in [-0.25, -0.2) is 13.2 Å². The molecule has 8 heavy (non-hydrogen) atoms. The summed E-state index contributed by atoms with van der Waals surface area (Å²) in [5.41, 5.74) is 0. The number of rotatable bonds is 3. The zero-order chi connectivity index (χ0) is 6.62. The van der Waals surface area contributed by atoms with E-state index >= 15 is 0 Å². The fourth-order valence-electron chi connectivity index (χ4n) is 0.107. The smallest absolute Gasteiger partial charge is 0.109 e. The molecule has 4 heteroatoms. The van der Waals surface area contributed by atoms with Crippen LogP contribution in [0.5, 0.6) is 0 Å². The summed E-state index contributed by atoms with van der Waals surface area (Å²) in [5.74, 6) is 0. The minimum Gasteiger partial charge on any atom is -0.249 e. The number of hydrogen-bond acceptors (Lipinski definition) is 1. The van der Waals surface area contributed by atoms with Crippen molar-refractivity contribution in [3.8, 4) is 0 Å². The topological polar surface area (TPSA) is 0 Å². The molecule has 0 saturated heterocycles. The number of hydrogen-bond donors (Lipinski definition) is 1. The van der Waals surface area contributed by atoms with Gasteiger partial charge in [0.1, 0.15) is 20.0 Å². The maximum Gasteiger partial charge on any atom is 0.109 e. The van der Waals surface area contributed by atoms with E-state index in [1.165, 1.54) is 0 Å². The van der Waals surface area contributed by atoms with E-state index in [1.807, 2.05) is 0 Å². The van der Waals surface area contributed by atoms with Crippen molar-refractivity contribution in [1.29, 1.82) is 0 Å². The van der Waals surface area contributed by atoms with Gasteiger partial charge in [0, 0.05) is 0 Å². The van der Waals surface area contributed by atoms with Gasteiger partial charge in [0.15, 0.2) is 0 Å². The maximum atomic E-state index is 11.5. The Labute approximate surface area is 51.5 Å². The van der Waals surface area contributed by atoms with Crippen molar-refractivity contribution < 1.29 is 13.2 Å². The second-order valence-electron chi connectivity index (χ2n) is 1.63. The van der Waals surface area contributed by atoms with Crippen molar-refractivity contribution in [3.05, 3.63) is 0 Å². The molecule has 50 valence electrons. The molecule has 0 atom stereocenters. The average molecular weight is 144 g/mol. The van der Waals surface area contributed by atoms with Gasteiger partial charge in [0.2, 0.25) is 0 Å². The number of alkyl halides is 3. The van der Waals surface area contributed by atoms with Crippen LogP contribution < -0.4 is 0 Å². The van der Waals surface area contributed by atoms with Crippen molar-refractivity contribution in [3.63, 3.8) is 0 Å². The number of halogens is 3. The zero-order valence-corrected chi connectivity index (χ0v) is 5.10. The number of thiol groups is 1. The molecular formula is C4H7F3S. The van der Waals surface area contributed by atoms with E-state index in [1.54, 1.807) is 0 Å². The molecule has 0 amide bonds. The molecule has 0 rings (SSSR count). The molecule has 0 aromatic rings. The van der Waals surface area contributed by atoms with Crippen molar-refractivity contribution in [2.24, 2.45) is 0 Å². The lowest BCUT2D eigenvalue weighted by molar-refractivity contribution is 0.271. The Balaban J connectivity index is 3.58. The Morgan fingerprint density at radius 1 is 1.00 bits per heavy atom. The third kappa shape index (κ3) is 1.94.